The number of hydrogen-bond acceptors (Lipinski definition) is 2. The first-order valence-electron chi connectivity index (χ1n) is 7.09. The molecule has 0 aliphatic carbocycles. The molecule has 1 N–H and O–H groups in total. The van der Waals surface area contributed by atoms with E-state index in [0.717, 1.165) is 23.6 Å². The maximum Gasteiger partial charge on any atom is 0.0621 e. The summed E-state index contributed by atoms with van der Waals surface area (Å²) in [4.78, 5) is 4.04. The molecule has 0 aliphatic heterocycles. The highest BCUT2D eigenvalue weighted by molar-refractivity contribution is 6.31. The average molecular weight is 289 g/mol. The molecule has 2 unspecified atom stereocenters. The van der Waals surface area contributed by atoms with Gasteiger partial charge in [-0.25, -0.2) is 0 Å². The van der Waals surface area contributed by atoms with E-state index in [-0.39, 0.29) is 0 Å². The molecule has 1 aromatic heterocycles. The molecule has 3 heteroatoms. The largest absolute Gasteiger partial charge is 0.310 e. The molecule has 0 saturated carbocycles. The monoisotopic (exact) mass is 288 g/mol. The van der Waals surface area contributed by atoms with Gasteiger partial charge in [0.2, 0.25) is 0 Å². The minimum atomic E-state index is 0.338. The molecule has 2 aromatic rings. The van der Waals surface area contributed by atoms with Crippen LogP contribution in [0.15, 0.2) is 48.8 Å². The zero-order valence-corrected chi connectivity index (χ0v) is 12.8. The second kappa shape index (κ2) is 7.41. The Bertz CT molecular complexity index is 528. The molecule has 2 atom stereocenters. The van der Waals surface area contributed by atoms with Crippen molar-refractivity contribution in [3.63, 3.8) is 0 Å². The summed E-state index contributed by atoms with van der Waals surface area (Å²) in [7, 11) is 0. The van der Waals surface area contributed by atoms with Crippen molar-refractivity contribution < 1.29 is 0 Å². The summed E-state index contributed by atoms with van der Waals surface area (Å²) in [6.45, 7) is 5.35. The van der Waals surface area contributed by atoms with Crippen molar-refractivity contribution in [2.75, 3.05) is 6.54 Å². The summed E-state index contributed by atoms with van der Waals surface area (Å²) in [6, 6.07) is 12.9. The fourth-order valence-corrected chi connectivity index (χ4v) is 2.76. The Kier molecular flexibility index (Phi) is 5.57. The summed E-state index contributed by atoms with van der Waals surface area (Å²) in [5.41, 5.74) is 2.49. The molecule has 1 aromatic carbocycles. The lowest BCUT2D eigenvalue weighted by atomic mass is 9.89. The van der Waals surface area contributed by atoms with Crippen molar-refractivity contribution in [2.45, 2.75) is 26.3 Å². The van der Waals surface area contributed by atoms with Crippen molar-refractivity contribution in [3.8, 4) is 0 Å². The SMILES string of the molecule is CCNC(c1ccccc1)C(C)Cc1ccncc1Cl. The number of pyridine rings is 1. The highest BCUT2D eigenvalue weighted by Crippen LogP contribution is 2.27. The van der Waals surface area contributed by atoms with Gasteiger partial charge in [-0.05, 0) is 36.1 Å². The molecular formula is C17H21ClN2. The van der Waals surface area contributed by atoms with Gasteiger partial charge >= 0.3 is 0 Å². The second-order valence-corrected chi connectivity index (χ2v) is 5.50. The third kappa shape index (κ3) is 3.81. The van der Waals surface area contributed by atoms with E-state index < -0.39 is 0 Å². The van der Waals surface area contributed by atoms with Crippen LogP contribution in [0.3, 0.4) is 0 Å². The van der Waals surface area contributed by atoms with E-state index in [9.17, 15) is 0 Å². The maximum absolute atomic E-state index is 6.21. The van der Waals surface area contributed by atoms with Crippen LogP contribution >= 0.6 is 11.6 Å². The van der Waals surface area contributed by atoms with E-state index in [1.165, 1.54) is 5.56 Å². The van der Waals surface area contributed by atoms with Crippen molar-refractivity contribution in [2.24, 2.45) is 5.92 Å². The standard InChI is InChI=1S/C17H21ClN2/c1-3-20-17(14-7-5-4-6-8-14)13(2)11-15-9-10-19-12-16(15)18/h4-10,12-13,17,20H,3,11H2,1-2H3. The quantitative estimate of drug-likeness (QED) is 0.859. The summed E-state index contributed by atoms with van der Waals surface area (Å²) >= 11 is 6.21. The number of benzene rings is 1. The van der Waals surface area contributed by atoms with Crippen molar-refractivity contribution in [1.82, 2.24) is 10.3 Å². The first-order chi connectivity index (χ1) is 9.72. The van der Waals surface area contributed by atoms with Crippen LogP contribution in [-0.2, 0) is 6.42 Å². The van der Waals surface area contributed by atoms with Gasteiger partial charge in [0, 0.05) is 18.4 Å². The Labute approximate surface area is 126 Å². The number of halogens is 1. The summed E-state index contributed by atoms with van der Waals surface area (Å²) in [5.74, 6) is 0.456. The number of nitrogens with one attached hydrogen (secondary N) is 1. The Morgan fingerprint density at radius 3 is 2.60 bits per heavy atom. The second-order valence-electron chi connectivity index (χ2n) is 5.09. The molecule has 0 amide bonds. The van der Waals surface area contributed by atoms with E-state index in [0.29, 0.717) is 12.0 Å². The minimum absolute atomic E-state index is 0.338. The van der Waals surface area contributed by atoms with Gasteiger partial charge in [-0.3, -0.25) is 4.98 Å². The summed E-state index contributed by atoms with van der Waals surface area (Å²) < 4.78 is 0. The van der Waals surface area contributed by atoms with Crippen LogP contribution in [0.4, 0.5) is 0 Å². The highest BCUT2D eigenvalue weighted by atomic mass is 35.5. The van der Waals surface area contributed by atoms with Crippen LogP contribution in [0.1, 0.15) is 31.0 Å². The molecule has 0 radical (unpaired) electrons. The Hall–Kier alpha value is -1.38. The van der Waals surface area contributed by atoms with E-state index in [2.05, 4.69) is 54.5 Å². The predicted molar refractivity (Wildman–Crippen MR) is 85.0 cm³/mol. The van der Waals surface area contributed by atoms with Crippen LogP contribution in [0, 0.1) is 5.92 Å². The molecule has 20 heavy (non-hydrogen) atoms. The molecule has 106 valence electrons. The molecular weight excluding hydrogens is 268 g/mol. The van der Waals surface area contributed by atoms with Crippen LogP contribution in [0.25, 0.3) is 0 Å². The van der Waals surface area contributed by atoms with E-state index in [1.54, 1.807) is 12.4 Å². The minimum Gasteiger partial charge on any atom is -0.310 e. The van der Waals surface area contributed by atoms with Crippen LogP contribution in [-0.4, -0.2) is 11.5 Å². The van der Waals surface area contributed by atoms with Crippen LogP contribution < -0.4 is 5.32 Å². The number of hydrogen-bond donors (Lipinski definition) is 1. The van der Waals surface area contributed by atoms with Crippen LogP contribution in [0.5, 0.6) is 0 Å². The van der Waals surface area contributed by atoms with Gasteiger partial charge in [0.05, 0.1) is 5.02 Å². The zero-order valence-electron chi connectivity index (χ0n) is 12.0. The van der Waals surface area contributed by atoms with Gasteiger partial charge in [0.1, 0.15) is 0 Å². The first-order valence-corrected chi connectivity index (χ1v) is 7.47. The Balaban J connectivity index is 2.16. The van der Waals surface area contributed by atoms with E-state index in [1.807, 2.05) is 6.07 Å². The van der Waals surface area contributed by atoms with Crippen molar-refractivity contribution >= 4 is 11.6 Å². The zero-order chi connectivity index (χ0) is 14.4. The molecule has 2 rings (SSSR count). The Morgan fingerprint density at radius 1 is 1.20 bits per heavy atom. The third-order valence-electron chi connectivity index (χ3n) is 3.55. The van der Waals surface area contributed by atoms with Gasteiger partial charge in [-0.15, -0.1) is 0 Å². The number of nitrogens with zero attached hydrogens (tertiary/aromatic N) is 1. The van der Waals surface area contributed by atoms with Gasteiger partial charge in [0.25, 0.3) is 0 Å². The lowest BCUT2D eigenvalue weighted by Gasteiger charge is -2.25. The lowest BCUT2D eigenvalue weighted by molar-refractivity contribution is 0.391. The lowest BCUT2D eigenvalue weighted by Crippen LogP contribution is -2.28. The molecule has 2 nitrogen and oxygen atoms in total. The fraction of sp³-hybridized carbons (Fsp3) is 0.353. The average Bonchev–Trinajstić information content (AvgIpc) is 2.48. The maximum atomic E-state index is 6.21. The van der Waals surface area contributed by atoms with Gasteiger partial charge in [-0.2, -0.15) is 0 Å². The molecule has 0 spiro atoms. The van der Waals surface area contributed by atoms with Crippen LogP contribution in [0.2, 0.25) is 5.02 Å². The van der Waals surface area contributed by atoms with Gasteiger partial charge in [-0.1, -0.05) is 55.8 Å². The van der Waals surface area contributed by atoms with E-state index >= 15 is 0 Å². The third-order valence-corrected chi connectivity index (χ3v) is 3.89. The van der Waals surface area contributed by atoms with Gasteiger partial charge in [0.15, 0.2) is 0 Å². The Morgan fingerprint density at radius 2 is 1.95 bits per heavy atom. The molecule has 0 saturated heterocycles. The van der Waals surface area contributed by atoms with Crippen molar-refractivity contribution in [3.05, 3.63) is 64.9 Å². The fourth-order valence-electron chi connectivity index (χ4n) is 2.56. The predicted octanol–water partition coefficient (Wildman–Crippen LogP) is 4.26. The topological polar surface area (TPSA) is 24.9 Å². The summed E-state index contributed by atoms with van der Waals surface area (Å²) in [5, 5.41) is 4.33. The number of rotatable bonds is 6. The number of aromatic nitrogens is 1. The normalized spacial score (nSPS) is 13.9. The first kappa shape index (κ1) is 15.0. The molecule has 1 heterocycles. The highest BCUT2D eigenvalue weighted by Gasteiger charge is 2.19. The molecule has 0 aliphatic rings. The van der Waals surface area contributed by atoms with E-state index in [4.69, 9.17) is 11.6 Å². The molecule has 0 fully saturated rings. The van der Waals surface area contributed by atoms with Gasteiger partial charge < -0.3 is 5.32 Å². The smallest absolute Gasteiger partial charge is 0.0621 e. The molecule has 0 bridgehead atoms. The summed E-state index contributed by atoms with van der Waals surface area (Å²) in [6.07, 6.45) is 4.46. The van der Waals surface area contributed by atoms with Crippen molar-refractivity contribution in [1.29, 1.82) is 0 Å².